The molecule has 0 saturated carbocycles. The second-order valence-corrected chi connectivity index (χ2v) is 6.07. The van der Waals surface area contributed by atoms with Crippen LogP contribution < -0.4 is 10.6 Å². The zero-order valence-electron chi connectivity index (χ0n) is 13.1. The summed E-state index contributed by atoms with van der Waals surface area (Å²) >= 11 is 0. The number of benzene rings is 1. The van der Waals surface area contributed by atoms with Gasteiger partial charge in [0.15, 0.2) is 0 Å². The van der Waals surface area contributed by atoms with Gasteiger partial charge in [0.2, 0.25) is 5.91 Å². The molecule has 1 aromatic heterocycles. The van der Waals surface area contributed by atoms with Crippen molar-refractivity contribution in [2.75, 3.05) is 13.1 Å². The number of rotatable bonds is 6. The van der Waals surface area contributed by atoms with Gasteiger partial charge >= 0.3 is 0 Å². The highest BCUT2D eigenvalue weighted by atomic mass is 16.1. The van der Waals surface area contributed by atoms with E-state index in [9.17, 15) is 4.79 Å². The maximum absolute atomic E-state index is 12.2. The Labute approximate surface area is 130 Å². The monoisotopic (exact) mass is 300 g/mol. The summed E-state index contributed by atoms with van der Waals surface area (Å²) in [5.74, 6) is 1.62. The molecule has 3 rings (SSSR count). The molecule has 1 aromatic carbocycles. The van der Waals surface area contributed by atoms with Crippen LogP contribution in [0, 0.1) is 5.92 Å². The van der Waals surface area contributed by atoms with Gasteiger partial charge in [0.05, 0.1) is 17.1 Å². The fraction of sp³-hybridized carbons (Fsp3) is 0.529. The lowest BCUT2D eigenvalue weighted by Crippen LogP contribution is -2.29. The normalized spacial score (nSPS) is 19.4. The maximum Gasteiger partial charge on any atom is 0.220 e. The van der Waals surface area contributed by atoms with Gasteiger partial charge in [0, 0.05) is 6.42 Å². The maximum atomic E-state index is 12.2. The van der Waals surface area contributed by atoms with Gasteiger partial charge in [0.1, 0.15) is 5.82 Å². The third-order valence-electron chi connectivity index (χ3n) is 4.42. The number of fused-ring (bicyclic) bond motifs is 1. The van der Waals surface area contributed by atoms with Gasteiger partial charge in [-0.05, 0) is 50.4 Å². The molecule has 2 heterocycles. The lowest BCUT2D eigenvalue weighted by atomic mass is 10.0. The van der Waals surface area contributed by atoms with Crippen LogP contribution in [0.25, 0.3) is 11.0 Å². The lowest BCUT2D eigenvalue weighted by Gasteiger charge is -2.15. The van der Waals surface area contributed by atoms with Crippen molar-refractivity contribution in [1.82, 2.24) is 20.6 Å². The Morgan fingerprint density at radius 1 is 1.45 bits per heavy atom. The van der Waals surface area contributed by atoms with Gasteiger partial charge in [-0.2, -0.15) is 0 Å². The minimum atomic E-state index is -0.0402. The molecule has 1 saturated heterocycles. The van der Waals surface area contributed by atoms with Gasteiger partial charge in [-0.1, -0.05) is 19.1 Å². The fourth-order valence-corrected chi connectivity index (χ4v) is 3.06. The Morgan fingerprint density at radius 2 is 2.32 bits per heavy atom. The molecule has 118 valence electrons. The van der Waals surface area contributed by atoms with Gasteiger partial charge in [-0.25, -0.2) is 4.98 Å². The lowest BCUT2D eigenvalue weighted by molar-refractivity contribution is -0.122. The van der Waals surface area contributed by atoms with Gasteiger partial charge in [0.25, 0.3) is 0 Å². The van der Waals surface area contributed by atoms with Crippen molar-refractivity contribution in [3.8, 4) is 0 Å². The first-order chi connectivity index (χ1) is 10.8. The van der Waals surface area contributed by atoms with Crippen molar-refractivity contribution >= 4 is 16.9 Å². The van der Waals surface area contributed by atoms with Crippen LogP contribution >= 0.6 is 0 Å². The van der Waals surface area contributed by atoms with Crippen LogP contribution in [-0.4, -0.2) is 29.0 Å². The number of amides is 1. The minimum absolute atomic E-state index is 0.0402. The van der Waals surface area contributed by atoms with E-state index in [2.05, 4.69) is 27.5 Å². The Morgan fingerprint density at radius 3 is 3.05 bits per heavy atom. The molecule has 1 aliphatic rings. The highest BCUT2D eigenvalue weighted by Crippen LogP contribution is 2.19. The molecule has 2 atom stereocenters. The third kappa shape index (κ3) is 3.47. The summed E-state index contributed by atoms with van der Waals surface area (Å²) in [6.45, 7) is 4.20. The first-order valence-electron chi connectivity index (χ1n) is 8.21. The number of H-pyrrole nitrogens is 1. The molecule has 3 N–H and O–H groups in total. The van der Waals surface area contributed by atoms with Crippen molar-refractivity contribution in [2.24, 2.45) is 5.92 Å². The number of hydrogen-bond acceptors (Lipinski definition) is 3. The SMILES string of the molecule is CCC(NC(=O)CCC1CCNC1)c1nc2ccccc2[nH]1. The molecule has 0 aliphatic carbocycles. The molecule has 2 aromatic rings. The first kappa shape index (κ1) is 15.0. The summed E-state index contributed by atoms with van der Waals surface area (Å²) < 4.78 is 0. The molecule has 22 heavy (non-hydrogen) atoms. The third-order valence-corrected chi connectivity index (χ3v) is 4.42. The van der Waals surface area contributed by atoms with Gasteiger partial charge in [-0.3, -0.25) is 4.79 Å². The molecule has 1 amide bonds. The minimum Gasteiger partial charge on any atom is -0.346 e. The molecular weight excluding hydrogens is 276 g/mol. The fourth-order valence-electron chi connectivity index (χ4n) is 3.06. The standard InChI is InChI=1S/C17H24N4O/c1-2-13(17-20-14-5-3-4-6-15(14)21-17)19-16(22)8-7-12-9-10-18-11-12/h3-6,12-13,18H,2,7-11H2,1H3,(H,19,22)(H,20,21). The summed E-state index contributed by atoms with van der Waals surface area (Å²) in [6.07, 6.45) is 3.59. The van der Waals surface area contributed by atoms with E-state index in [-0.39, 0.29) is 11.9 Å². The number of carbonyl (C=O) groups is 1. The Balaban J connectivity index is 1.59. The number of imidazole rings is 1. The summed E-state index contributed by atoms with van der Waals surface area (Å²) in [6, 6.07) is 7.91. The number of para-hydroxylation sites is 2. The second-order valence-electron chi connectivity index (χ2n) is 6.07. The van der Waals surface area contributed by atoms with Crippen LogP contribution in [0.1, 0.15) is 44.5 Å². The number of hydrogen-bond donors (Lipinski definition) is 3. The first-order valence-corrected chi connectivity index (χ1v) is 8.21. The Bertz CT molecular complexity index is 597. The van der Waals surface area contributed by atoms with E-state index < -0.39 is 0 Å². The van der Waals surface area contributed by atoms with Crippen LogP contribution in [0.5, 0.6) is 0 Å². The van der Waals surface area contributed by atoms with Crippen LogP contribution in [0.3, 0.4) is 0 Å². The molecule has 2 unspecified atom stereocenters. The van der Waals surface area contributed by atoms with E-state index in [0.29, 0.717) is 12.3 Å². The average Bonchev–Trinajstić information content (AvgIpc) is 3.19. The molecule has 1 aliphatic heterocycles. The Kier molecular flexibility index (Phi) is 4.73. The van der Waals surface area contributed by atoms with Crippen LogP contribution in [-0.2, 0) is 4.79 Å². The van der Waals surface area contributed by atoms with E-state index >= 15 is 0 Å². The predicted octanol–water partition coefficient (Wildman–Crippen LogP) is 2.52. The van der Waals surface area contributed by atoms with Gasteiger partial charge < -0.3 is 15.6 Å². The summed E-state index contributed by atoms with van der Waals surface area (Å²) in [5.41, 5.74) is 1.96. The molecule has 0 spiro atoms. The number of aromatic nitrogens is 2. The highest BCUT2D eigenvalue weighted by Gasteiger charge is 2.19. The van der Waals surface area contributed by atoms with E-state index in [4.69, 9.17) is 0 Å². The van der Waals surface area contributed by atoms with Crippen molar-refractivity contribution < 1.29 is 4.79 Å². The number of nitrogens with zero attached hydrogens (tertiary/aromatic N) is 1. The van der Waals surface area contributed by atoms with Gasteiger partial charge in [-0.15, -0.1) is 0 Å². The largest absolute Gasteiger partial charge is 0.346 e. The molecule has 5 nitrogen and oxygen atoms in total. The summed E-state index contributed by atoms with van der Waals surface area (Å²) in [7, 11) is 0. The van der Waals surface area contributed by atoms with Crippen molar-refractivity contribution in [3.05, 3.63) is 30.1 Å². The quantitative estimate of drug-likeness (QED) is 0.768. The summed E-state index contributed by atoms with van der Waals surface area (Å²) in [4.78, 5) is 20.1. The van der Waals surface area contributed by atoms with E-state index in [1.165, 1.54) is 6.42 Å². The average molecular weight is 300 g/mol. The molecular formula is C17H24N4O. The van der Waals surface area contributed by atoms with Crippen LogP contribution in [0.4, 0.5) is 0 Å². The molecule has 0 bridgehead atoms. The van der Waals surface area contributed by atoms with E-state index in [1.807, 2.05) is 24.3 Å². The number of carbonyl (C=O) groups excluding carboxylic acids is 1. The zero-order valence-corrected chi connectivity index (χ0v) is 13.1. The van der Waals surface area contributed by atoms with Crippen molar-refractivity contribution in [2.45, 2.75) is 38.6 Å². The van der Waals surface area contributed by atoms with Crippen LogP contribution in [0.15, 0.2) is 24.3 Å². The topological polar surface area (TPSA) is 69.8 Å². The number of aromatic amines is 1. The smallest absolute Gasteiger partial charge is 0.220 e. The van der Waals surface area contributed by atoms with Crippen LogP contribution in [0.2, 0.25) is 0 Å². The molecule has 0 radical (unpaired) electrons. The second kappa shape index (κ2) is 6.92. The molecule has 5 heteroatoms. The zero-order chi connectivity index (χ0) is 15.4. The molecule has 1 fully saturated rings. The number of nitrogens with one attached hydrogen (secondary N) is 3. The predicted molar refractivity (Wildman–Crippen MR) is 87.5 cm³/mol. The van der Waals surface area contributed by atoms with Crippen molar-refractivity contribution in [1.29, 1.82) is 0 Å². The van der Waals surface area contributed by atoms with E-state index in [1.54, 1.807) is 0 Å². The highest BCUT2D eigenvalue weighted by molar-refractivity contribution is 5.77. The van der Waals surface area contributed by atoms with Crippen molar-refractivity contribution in [3.63, 3.8) is 0 Å². The summed E-state index contributed by atoms with van der Waals surface area (Å²) in [5, 5.41) is 6.46. The Hall–Kier alpha value is -1.88. The van der Waals surface area contributed by atoms with E-state index in [0.717, 1.165) is 42.8 Å².